The second-order valence-corrected chi connectivity index (χ2v) is 5.41. The topological polar surface area (TPSA) is 49.3 Å². The first-order valence-corrected chi connectivity index (χ1v) is 7.82. The highest BCUT2D eigenvalue weighted by Crippen LogP contribution is 2.20. The number of aryl methyl sites for hydroxylation is 1. The van der Waals surface area contributed by atoms with Crippen LogP contribution in [0.2, 0.25) is 0 Å². The zero-order chi connectivity index (χ0) is 13.4. The van der Waals surface area contributed by atoms with Gasteiger partial charge in [0.15, 0.2) is 0 Å². The number of aromatic hydroxyl groups is 1. The second-order valence-electron chi connectivity index (χ2n) is 4.33. The molecular formula is C14H20INO2. The lowest BCUT2D eigenvalue weighted by molar-refractivity contribution is 0.0950. The average Bonchev–Trinajstić information content (AvgIpc) is 2.36. The minimum atomic E-state index is -0.190. The second kappa shape index (κ2) is 8.34. The van der Waals surface area contributed by atoms with Crippen LogP contribution >= 0.6 is 22.6 Å². The number of carbonyl (C=O) groups excluding carboxylic acids is 1. The fraction of sp³-hybridized carbons (Fsp3) is 0.500. The minimum Gasteiger partial charge on any atom is -0.507 e. The fourth-order valence-corrected chi connectivity index (χ4v) is 2.25. The van der Waals surface area contributed by atoms with Crippen molar-refractivity contribution in [2.45, 2.75) is 32.6 Å². The summed E-state index contributed by atoms with van der Waals surface area (Å²) in [4.78, 5) is 11.8. The number of carbonyl (C=O) groups is 1. The molecule has 0 fully saturated rings. The van der Waals surface area contributed by atoms with E-state index in [1.54, 1.807) is 25.1 Å². The smallest absolute Gasteiger partial charge is 0.255 e. The van der Waals surface area contributed by atoms with Gasteiger partial charge in [-0.25, -0.2) is 0 Å². The molecule has 0 radical (unpaired) electrons. The van der Waals surface area contributed by atoms with Gasteiger partial charge < -0.3 is 10.4 Å². The van der Waals surface area contributed by atoms with Gasteiger partial charge in [0.1, 0.15) is 5.75 Å². The Balaban J connectivity index is 2.35. The highest BCUT2D eigenvalue weighted by molar-refractivity contribution is 14.1. The zero-order valence-electron chi connectivity index (χ0n) is 10.7. The molecule has 0 saturated heterocycles. The van der Waals surface area contributed by atoms with Gasteiger partial charge in [-0.15, -0.1) is 0 Å². The van der Waals surface area contributed by atoms with E-state index in [0.717, 1.165) is 18.4 Å². The monoisotopic (exact) mass is 361 g/mol. The van der Waals surface area contributed by atoms with E-state index in [9.17, 15) is 9.90 Å². The number of nitrogens with one attached hydrogen (secondary N) is 1. The number of amides is 1. The number of halogens is 1. The van der Waals surface area contributed by atoms with Crippen molar-refractivity contribution in [3.8, 4) is 5.75 Å². The van der Waals surface area contributed by atoms with Crippen LogP contribution < -0.4 is 5.32 Å². The van der Waals surface area contributed by atoms with Crippen molar-refractivity contribution in [3.63, 3.8) is 0 Å². The van der Waals surface area contributed by atoms with Gasteiger partial charge in [-0.2, -0.15) is 0 Å². The van der Waals surface area contributed by atoms with Crippen molar-refractivity contribution in [1.29, 1.82) is 0 Å². The van der Waals surface area contributed by atoms with Gasteiger partial charge in [-0.05, 0) is 35.8 Å². The van der Waals surface area contributed by atoms with E-state index in [1.165, 1.54) is 17.3 Å². The standard InChI is InChI=1S/C14H20INO2/c1-11-7-6-8-12(13(11)17)14(18)16-10-5-3-2-4-9-15/h6-8,17H,2-5,9-10H2,1H3,(H,16,18). The maximum atomic E-state index is 11.8. The van der Waals surface area contributed by atoms with E-state index in [1.807, 2.05) is 0 Å². The van der Waals surface area contributed by atoms with Gasteiger partial charge in [0, 0.05) is 6.54 Å². The Morgan fingerprint density at radius 2 is 2.00 bits per heavy atom. The number of para-hydroxylation sites is 1. The van der Waals surface area contributed by atoms with Crippen LogP contribution in [0.25, 0.3) is 0 Å². The molecule has 0 aromatic heterocycles. The van der Waals surface area contributed by atoms with Crippen molar-refractivity contribution in [2.24, 2.45) is 0 Å². The molecular weight excluding hydrogens is 341 g/mol. The Morgan fingerprint density at radius 3 is 2.72 bits per heavy atom. The number of phenols is 1. The van der Waals surface area contributed by atoms with Gasteiger partial charge >= 0.3 is 0 Å². The summed E-state index contributed by atoms with van der Waals surface area (Å²) >= 11 is 2.38. The first-order chi connectivity index (χ1) is 8.66. The molecule has 0 aliphatic heterocycles. The number of rotatable bonds is 7. The number of unbranched alkanes of at least 4 members (excludes halogenated alkanes) is 3. The summed E-state index contributed by atoms with van der Waals surface area (Å²) in [5.74, 6) is -0.106. The van der Waals surface area contributed by atoms with Crippen LogP contribution in [0.5, 0.6) is 5.75 Å². The van der Waals surface area contributed by atoms with Gasteiger partial charge in [0.2, 0.25) is 0 Å². The Labute approximate surface area is 122 Å². The molecule has 18 heavy (non-hydrogen) atoms. The van der Waals surface area contributed by atoms with Gasteiger partial charge in [-0.3, -0.25) is 4.79 Å². The third kappa shape index (κ3) is 4.84. The predicted octanol–water partition coefficient (Wildman–Crippen LogP) is 3.43. The number of benzene rings is 1. The Morgan fingerprint density at radius 1 is 1.28 bits per heavy atom. The molecule has 0 unspecified atom stereocenters. The summed E-state index contributed by atoms with van der Waals surface area (Å²) in [6.45, 7) is 2.46. The zero-order valence-corrected chi connectivity index (χ0v) is 12.9. The third-order valence-corrected chi connectivity index (χ3v) is 3.59. The van der Waals surface area contributed by atoms with E-state index >= 15 is 0 Å². The van der Waals surface area contributed by atoms with Crippen LogP contribution in [0, 0.1) is 6.92 Å². The normalized spacial score (nSPS) is 10.3. The maximum absolute atomic E-state index is 11.8. The lowest BCUT2D eigenvalue weighted by Crippen LogP contribution is -2.24. The molecule has 1 rings (SSSR count). The van der Waals surface area contributed by atoms with Crippen LogP contribution in [0.15, 0.2) is 18.2 Å². The third-order valence-electron chi connectivity index (χ3n) is 2.83. The van der Waals surface area contributed by atoms with Crippen molar-refractivity contribution in [3.05, 3.63) is 29.3 Å². The van der Waals surface area contributed by atoms with Crippen LogP contribution in [-0.2, 0) is 0 Å². The van der Waals surface area contributed by atoms with E-state index in [4.69, 9.17) is 0 Å². The van der Waals surface area contributed by atoms with E-state index in [0.29, 0.717) is 12.1 Å². The summed E-state index contributed by atoms with van der Waals surface area (Å²) in [5, 5.41) is 12.6. The Bertz CT molecular complexity index is 393. The number of phenolic OH excluding ortho intramolecular Hbond substituents is 1. The fourth-order valence-electron chi connectivity index (χ4n) is 1.71. The molecule has 0 aliphatic rings. The van der Waals surface area contributed by atoms with Crippen molar-refractivity contribution < 1.29 is 9.90 Å². The van der Waals surface area contributed by atoms with Crippen LogP contribution in [0.4, 0.5) is 0 Å². The summed E-state index contributed by atoms with van der Waals surface area (Å²) in [6.07, 6.45) is 4.60. The molecule has 2 N–H and O–H groups in total. The molecule has 4 heteroatoms. The molecule has 0 heterocycles. The maximum Gasteiger partial charge on any atom is 0.255 e. The molecule has 0 spiro atoms. The number of hydrogen-bond donors (Lipinski definition) is 2. The number of alkyl halides is 1. The van der Waals surface area contributed by atoms with Crippen molar-refractivity contribution >= 4 is 28.5 Å². The molecule has 0 bridgehead atoms. The van der Waals surface area contributed by atoms with Crippen molar-refractivity contribution in [2.75, 3.05) is 11.0 Å². The Hall–Kier alpha value is -0.780. The number of hydrogen-bond acceptors (Lipinski definition) is 2. The van der Waals surface area contributed by atoms with E-state index < -0.39 is 0 Å². The van der Waals surface area contributed by atoms with Gasteiger partial charge in [0.05, 0.1) is 5.56 Å². The first-order valence-electron chi connectivity index (χ1n) is 6.29. The first kappa shape index (κ1) is 15.3. The summed E-state index contributed by atoms with van der Waals surface area (Å²) < 4.78 is 1.20. The lowest BCUT2D eigenvalue weighted by Gasteiger charge is -2.08. The summed E-state index contributed by atoms with van der Waals surface area (Å²) in [5.41, 5.74) is 1.09. The summed E-state index contributed by atoms with van der Waals surface area (Å²) in [6, 6.07) is 5.22. The molecule has 1 aromatic rings. The molecule has 0 saturated carbocycles. The van der Waals surface area contributed by atoms with Crippen molar-refractivity contribution in [1.82, 2.24) is 5.32 Å². The molecule has 0 aliphatic carbocycles. The largest absolute Gasteiger partial charge is 0.507 e. The predicted molar refractivity (Wildman–Crippen MR) is 82.5 cm³/mol. The van der Waals surface area contributed by atoms with E-state index in [-0.39, 0.29) is 11.7 Å². The molecule has 1 aromatic carbocycles. The van der Waals surface area contributed by atoms with Crippen LogP contribution in [-0.4, -0.2) is 22.0 Å². The highest BCUT2D eigenvalue weighted by Gasteiger charge is 2.11. The SMILES string of the molecule is Cc1cccc(C(=O)NCCCCCCI)c1O. The highest BCUT2D eigenvalue weighted by atomic mass is 127. The Kier molecular flexibility index (Phi) is 7.08. The van der Waals surface area contributed by atoms with Crippen LogP contribution in [0.3, 0.4) is 0 Å². The van der Waals surface area contributed by atoms with Gasteiger partial charge in [0.25, 0.3) is 5.91 Å². The lowest BCUT2D eigenvalue weighted by atomic mass is 10.1. The summed E-state index contributed by atoms with van der Waals surface area (Å²) in [7, 11) is 0. The quantitative estimate of drug-likeness (QED) is 0.444. The molecule has 0 atom stereocenters. The van der Waals surface area contributed by atoms with Crippen LogP contribution in [0.1, 0.15) is 41.6 Å². The van der Waals surface area contributed by atoms with Gasteiger partial charge in [-0.1, -0.05) is 47.6 Å². The van der Waals surface area contributed by atoms with E-state index in [2.05, 4.69) is 27.9 Å². The molecule has 100 valence electrons. The minimum absolute atomic E-state index is 0.0833. The molecule has 1 amide bonds. The average molecular weight is 361 g/mol. The molecule has 3 nitrogen and oxygen atoms in total.